The Kier molecular flexibility index (Phi) is 3.80. The number of anilines is 1. The summed E-state index contributed by atoms with van der Waals surface area (Å²) < 4.78 is 3.53. The van der Waals surface area contributed by atoms with Gasteiger partial charge in [0.1, 0.15) is 0 Å². The molecule has 1 saturated carbocycles. The summed E-state index contributed by atoms with van der Waals surface area (Å²) in [7, 11) is 0. The molecule has 0 radical (unpaired) electrons. The summed E-state index contributed by atoms with van der Waals surface area (Å²) in [6.45, 7) is 2.47. The average molecular weight is 373 g/mol. The van der Waals surface area contributed by atoms with Crippen molar-refractivity contribution in [2.45, 2.75) is 44.6 Å². The molecule has 1 unspecified atom stereocenters. The zero-order chi connectivity index (χ0) is 16.0. The molecule has 23 heavy (non-hydrogen) atoms. The third-order valence-electron chi connectivity index (χ3n) is 5.06. The number of hydrogen-bond donors (Lipinski definition) is 0. The van der Waals surface area contributed by atoms with E-state index in [-0.39, 0.29) is 5.91 Å². The van der Waals surface area contributed by atoms with Gasteiger partial charge < -0.3 is 9.47 Å². The molecular formula is C19H21BrN2O. The van der Waals surface area contributed by atoms with Crippen LogP contribution in [0.5, 0.6) is 0 Å². The summed E-state index contributed by atoms with van der Waals surface area (Å²) in [6, 6.07) is 11.4. The second kappa shape index (κ2) is 5.82. The van der Waals surface area contributed by atoms with Crippen LogP contribution in [-0.2, 0) is 11.2 Å². The maximum atomic E-state index is 11.9. The number of aromatic nitrogens is 1. The highest BCUT2D eigenvalue weighted by Gasteiger charge is 2.31. The summed E-state index contributed by atoms with van der Waals surface area (Å²) in [5, 5.41) is 0. The highest BCUT2D eigenvalue weighted by atomic mass is 79.9. The predicted octanol–water partition coefficient (Wildman–Crippen LogP) is 4.67. The van der Waals surface area contributed by atoms with E-state index in [0.29, 0.717) is 5.92 Å². The van der Waals surface area contributed by atoms with Gasteiger partial charge in [-0.05, 0) is 61.6 Å². The van der Waals surface area contributed by atoms with Crippen molar-refractivity contribution in [3.05, 3.63) is 52.3 Å². The summed E-state index contributed by atoms with van der Waals surface area (Å²) in [5.74, 6) is 0.561. The lowest BCUT2D eigenvalue weighted by atomic mass is 9.95. The number of halogens is 1. The zero-order valence-corrected chi connectivity index (χ0v) is 14.9. The maximum absolute atomic E-state index is 11.9. The summed E-state index contributed by atoms with van der Waals surface area (Å²) in [5.41, 5.74) is 3.83. The van der Waals surface area contributed by atoms with Gasteiger partial charge in [0.25, 0.3) is 0 Å². The Morgan fingerprint density at radius 3 is 2.87 bits per heavy atom. The van der Waals surface area contributed by atoms with Gasteiger partial charge in [0.15, 0.2) is 0 Å². The van der Waals surface area contributed by atoms with Gasteiger partial charge in [0, 0.05) is 47.5 Å². The lowest BCUT2D eigenvalue weighted by Gasteiger charge is -2.15. The molecule has 1 aliphatic heterocycles. The van der Waals surface area contributed by atoms with E-state index in [9.17, 15) is 4.79 Å². The first-order chi connectivity index (χ1) is 11.1. The molecule has 0 bridgehead atoms. The van der Waals surface area contributed by atoms with Crippen molar-refractivity contribution in [1.82, 2.24) is 4.57 Å². The predicted molar refractivity (Wildman–Crippen MR) is 95.9 cm³/mol. The van der Waals surface area contributed by atoms with E-state index in [1.807, 2.05) is 11.0 Å². The largest absolute Gasteiger partial charge is 0.348 e. The van der Waals surface area contributed by atoms with Crippen molar-refractivity contribution in [2.75, 3.05) is 11.4 Å². The summed E-state index contributed by atoms with van der Waals surface area (Å²) in [4.78, 5) is 13.9. The number of fused-ring (bicyclic) bond motifs is 1. The molecule has 1 aromatic heterocycles. The lowest BCUT2D eigenvalue weighted by molar-refractivity contribution is -0.116. The van der Waals surface area contributed by atoms with Crippen LogP contribution in [0.2, 0.25) is 0 Å². The molecule has 0 saturated heterocycles. The lowest BCUT2D eigenvalue weighted by Crippen LogP contribution is -2.27. The molecular weight excluding hydrogens is 352 g/mol. The van der Waals surface area contributed by atoms with Gasteiger partial charge in [-0.1, -0.05) is 15.9 Å². The Bertz CT molecular complexity index is 748. The number of hydrogen-bond acceptors (Lipinski definition) is 1. The minimum absolute atomic E-state index is 0.137. The second-order valence-electron chi connectivity index (χ2n) is 6.71. The third kappa shape index (κ3) is 2.85. The number of rotatable bonds is 4. The molecule has 1 aromatic carbocycles. The standard InChI is InChI=1S/C19H21BrN2O/c1-13(23)22-12-14(18-11-15(20)5-9-19(18)22)4-6-16-3-2-10-21(16)17-7-8-17/h2-3,5,9-11,14,17H,4,6-8,12H2,1H3. The van der Waals surface area contributed by atoms with E-state index < -0.39 is 0 Å². The van der Waals surface area contributed by atoms with Gasteiger partial charge in [0.05, 0.1) is 0 Å². The smallest absolute Gasteiger partial charge is 0.223 e. The van der Waals surface area contributed by atoms with Gasteiger partial charge in [-0.15, -0.1) is 0 Å². The molecule has 0 spiro atoms. The third-order valence-corrected chi connectivity index (χ3v) is 5.55. The fourth-order valence-electron chi connectivity index (χ4n) is 3.73. The van der Waals surface area contributed by atoms with Crippen LogP contribution >= 0.6 is 15.9 Å². The fourth-order valence-corrected chi connectivity index (χ4v) is 4.11. The van der Waals surface area contributed by atoms with E-state index in [2.05, 4.69) is 51.0 Å². The Morgan fingerprint density at radius 1 is 1.30 bits per heavy atom. The van der Waals surface area contributed by atoms with Crippen molar-refractivity contribution in [3.63, 3.8) is 0 Å². The van der Waals surface area contributed by atoms with Crippen LogP contribution in [0.3, 0.4) is 0 Å². The molecule has 2 heterocycles. The normalized spacial score (nSPS) is 19.9. The van der Waals surface area contributed by atoms with Gasteiger partial charge in [0.2, 0.25) is 5.91 Å². The van der Waals surface area contributed by atoms with Crippen LogP contribution in [0.4, 0.5) is 5.69 Å². The Labute approximate surface area is 145 Å². The van der Waals surface area contributed by atoms with E-state index in [4.69, 9.17) is 0 Å². The first-order valence-corrected chi connectivity index (χ1v) is 9.16. The highest BCUT2D eigenvalue weighted by molar-refractivity contribution is 9.10. The van der Waals surface area contributed by atoms with Crippen LogP contribution in [-0.4, -0.2) is 17.0 Å². The Hall–Kier alpha value is -1.55. The van der Waals surface area contributed by atoms with Crippen molar-refractivity contribution in [3.8, 4) is 0 Å². The molecule has 1 fully saturated rings. The van der Waals surface area contributed by atoms with E-state index in [0.717, 1.165) is 35.6 Å². The SMILES string of the molecule is CC(=O)N1CC(CCc2cccn2C2CC2)c2cc(Br)ccc21. The maximum Gasteiger partial charge on any atom is 0.223 e. The van der Waals surface area contributed by atoms with Crippen molar-refractivity contribution >= 4 is 27.5 Å². The summed E-state index contributed by atoms with van der Waals surface area (Å²) in [6.07, 6.45) is 7.02. The van der Waals surface area contributed by atoms with Crippen LogP contribution in [0.1, 0.15) is 49.4 Å². The number of aryl methyl sites for hydroxylation is 1. The molecule has 1 atom stereocenters. The van der Waals surface area contributed by atoms with Crippen LogP contribution in [0.15, 0.2) is 41.0 Å². The average Bonchev–Trinajstić information content (AvgIpc) is 3.15. The van der Waals surface area contributed by atoms with Gasteiger partial charge >= 0.3 is 0 Å². The first kappa shape index (κ1) is 15.0. The number of carbonyl (C=O) groups excluding carboxylic acids is 1. The number of amides is 1. The molecule has 4 rings (SSSR count). The molecule has 1 aliphatic carbocycles. The minimum Gasteiger partial charge on any atom is -0.348 e. The number of benzene rings is 1. The van der Waals surface area contributed by atoms with Crippen molar-refractivity contribution in [2.24, 2.45) is 0 Å². The molecule has 4 heteroatoms. The topological polar surface area (TPSA) is 25.2 Å². The van der Waals surface area contributed by atoms with Crippen LogP contribution < -0.4 is 4.90 Å². The summed E-state index contributed by atoms with van der Waals surface area (Å²) >= 11 is 3.57. The Morgan fingerprint density at radius 2 is 2.13 bits per heavy atom. The van der Waals surface area contributed by atoms with Gasteiger partial charge in [-0.2, -0.15) is 0 Å². The fraction of sp³-hybridized carbons (Fsp3) is 0.421. The van der Waals surface area contributed by atoms with Crippen molar-refractivity contribution < 1.29 is 4.79 Å². The first-order valence-electron chi connectivity index (χ1n) is 8.37. The second-order valence-corrected chi connectivity index (χ2v) is 7.62. The van der Waals surface area contributed by atoms with E-state index in [1.165, 1.54) is 24.1 Å². The Balaban J connectivity index is 1.54. The minimum atomic E-state index is 0.137. The molecule has 3 nitrogen and oxygen atoms in total. The molecule has 0 N–H and O–H groups in total. The molecule has 120 valence electrons. The van der Waals surface area contributed by atoms with Gasteiger partial charge in [-0.3, -0.25) is 4.79 Å². The zero-order valence-electron chi connectivity index (χ0n) is 13.3. The quantitative estimate of drug-likeness (QED) is 0.765. The monoisotopic (exact) mass is 372 g/mol. The van der Waals surface area contributed by atoms with Gasteiger partial charge in [-0.25, -0.2) is 0 Å². The van der Waals surface area contributed by atoms with E-state index in [1.54, 1.807) is 6.92 Å². The molecule has 1 amide bonds. The highest BCUT2D eigenvalue weighted by Crippen LogP contribution is 2.41. The molecule has 2 aromatic rings. The number of carbonyl (C=O) groups is 1. The number of nitrogens with zero attached hydrogens (tertiary/aromatic N) is 2. The van der Waals surface area contributed by atoms with Crippen LogP contribution in [0, 0.1) is 0 Å². The molecule has 2 aliphatic rings. The van der Waals surface area contributed by atoms with Crippen molar-refractivity contribution in [1.29, 1.82) is 0 Å². The van der Waals surface area contributed by atoms with Crippen LogP contribution in [0.25, 0.3) is 0 Å². The van der Waals surface area contributed by atoms with E-state index >= 15 is 0 Å².